The summed E-state index contributed by atoms with van der Waals surface area (Å²) in [7, 11) is 1.30. The van der Waals surface area contributed by atoms with Gasteiger partial charge in [-0.25, -0.2) is 4.79 Å². The number of hydrogen-bond donors (Lipinski definition) is 1. The molecule has 1 aromatic carbocycles. The van der Waals surface area contributed by atoms with Gasteiger partial charge in [-0.05, 0) is 37.1 Å². The average molecular weight is 252 g/mol. The van der Waals surface area contributed by atoms with Crippen LogP contribution >= 0.6 is 0 Å². The first kappa shape index (κ1) is 14.0. The van der Waals surface area contributed by atoms with Crippen molar-refractivity contribution in [2.45, 2.75) is 19.8 Å². The van der Waals surface area contributed by atoms with E-state index >= 15 is 0 Å². The van der Waals surface area contributed by atoms with Crippen LogP contribution in [-0.2, 0) is 20.7 Å². The van der Waals surface area contributed by atoms with Gasteiger partial charge in [-0.15, -0.1) is 0 Å². The van der Waals surface area contributed by atoms with Gasteiger partial charge >= 0.3 is 11.9 Å². The van der Waals surface area contributed by atoms with Gasteiger partial charge in [-0.2, -0.15) is 0 Å². The van der Waals surface area contributed by atoms with Crippen LogP contribution in [-0.4, -0.2) is 30.8 Å². The number of ether oxygens (including phenoxy) is 2. The Morgan fingerprint density at radius 1 is 1.33 bits per heavy atom. The lowest BCUT2D eigenvalue weighted by atomic mass is 10.1. The highest BCUT2D eigenvalue weighted by Crippen LogP contribution is 2.20. The number of aromatic hydroxyl groups is 1. The summed E-state index contributed by atoms with van der Waals surface area (Å²) < 4.78 is 9.37. The number of benzene rings is 1. The van der Waals surface area contributed by atoms with E-state index in [0.29, 0.717) is 17.5 Å². The van der Waals surface area contributed by atoms with Gasteiger partial charge in [0, 0.05) is 6.42 Å². The molecule has 1 rings (SSSR count). The van der Waals surface area contributed by atoms with Gasteiger partial charge in [0.1, 0.15) is 5.75 Å². The molecule has 0 amide bonds. The van der Waals surface area contributed by atoms with Crippen molar-refractivity contribution >= 4 is 11.9 Å². The number of phenolic OH excluding ortho intramolecular Hbond substituents is 1. The molecule has 1 aromatic rings. The van der Waals surface area contributed by atoms with Gasteiger partial charge in [-0.1, -0.05) is 0 Å². The number of rotatable bonds is 5. The maximum atomic E-state index is 11.5. The van der Waals surface area contributed by atoms with Crippen LogP contribution in [0, 0.1) is 0 Å². The zero-order chi connectivity index (χ0) is 13.5. The molecule has 0 bridgehead atoms. The molecule has 0 aliphatic rings. The maximum absolute atomic E-state index is 11.5. The standard InChI is InChI=1S/C13H16O5/c1-3-18-13(16)10-4-6-11(14)9(8-10)5-7-12(15)17-2/h4,6,8,14H,3,5,7H2,1-2H3. The van der Waals surface area contributed by atoms with E-state index in [9.17, 15) is 14.7 Å². The Morgan fingerprint density at radius 3 is 2.67 bits per heavy atom. The fourth-order valence-electron chi connectivity index (χ4n) is 1.47. The van der Waals surface area contributed by atoms with Gasteiger partial charge in [0.05, 0.1) is 19.3 Å². The number of aryl methyl sites for hydroxylation is 1. The van der Waals surface area contributed by atoms with E-state index in [1.807, 2.05) is 0 Å². The molecule has 1 N–H and O–H groups in total. The highest BCUT2D eigenvalue weighted by molar-refractivity contribution is 5.89. The zero-order valence-corrected chi connectivity index (χ0v) is 10.4. The van der Waals surface area contributed by atoms with Crippen LogP contribution in [0.25, 0.3) is 0 Å². The molecule has 0 aliphatic heterocycles. The molecular formula is C13H16O5. The Kier molecular flexibility index (Phi) is 5.17. The average Bonchev–Trinajstić information content (AvgIpc) is 2.37. The highest BCUT2D eigenvalue weighted by Gasteiger charge is 2.11. The second-order valence-corrected chi connectivity index (χ2v) is 3.64. The van der Waals surface area contributed by atoms with E-state index in [-0.39, 0.29) is 24.7 Å². The Balaban J connectivity index is 2.81. The van der Waals surface area contributed by atoms with Crippen molar-refractivity contribution < 1.29 is 24.2 Å². The van der Waals surface area contributed by atoms with Crippen molar-refractivity contribution in [3.8, 4) is 5.75 Å². The summed E-state index contributed by atoms with van der Waals surface area (Å²) in [5.74, 6) is -0.764. The molecule has 0 spiro atoms. The van der Waals surface area contributed by atoms with Crippen LogP contribution in [0.15, 0.2) is 18.2 Å². The van der Waals surface area contributed by atoms with Crippen LogP contribution < -0.4 is 0 Å². The molecule has 5 nitrogen and oxygen atoms in total. The molecule has 0 heterocycles. The largest absolute Gasteiger partial charge is 0.508 e. The molecule has 0 saturated heterocycles. The van der Waals surface area contributed by atoms with Crippen molar-refractivity contribution in [2.75, 3.05) is 13.7 Å². The van der Waals surface area contributed by atoms with Crippen LogP contribution in [0.2, 0.25) is 0 Å². The predicted octanol–water partition coefficient (Wildman–Crippen LogP) is 1.67. The lowest BCUT2D eigenvalue weighted by molar-refractivity contribution is -0.140. The summed E-state index contributed by atoms with van der Waals surface area (Å²) in [5.41, 5.74) is 0.875. The van der Waals surface area contributed by atoms with Crippen LogP contribution in [0.1, 0.15) is 29.3 Å². The number of methoxy groups -OCH3 is 1. The SMILES string of the molecule is CCOC(=O)c1ccc(O)c(CCC(=O)OC)c1. The van der Waals surface area contributed by atoms with Gasteiger partial charge in [0.25, 0.3) is 0 Å². The summed E-state index contributed by atoms with van der Waals surface area (Å²) in [6.45, 7) is 2.01. The fourth-order valence-corrected chi connectivity index (χ4v) is 1.47. The second-order valence-electron chi connectivity index (χ2n) is 3.64. The highest BCUT2D eigenvalue weighted by atomic mass is 16.5. The third kappa shape index (κ3) is 3.76. The summed E-state index contributed by atoms with van der Waals surface area (Å²) in [4.78, 5) is 22.5. The molecule has 0 atom stereocenters. The molecule has 0 fully saturated rings. The smallest absolute Gasteiger partial charge is 0.338 e. The Bertz CT molecular complexity index is 439. The van der Waals surface area contributed by atoms with E-state index < -0.39 is 5.97 Å². The molecule has 0 aliphatic carbocycles. The first-order valence-electron chi connectivity index (χ1n) is 5.64. The van der Waals surface area contributed by atoms with Crippen LogP contribution in [0.4, 0.5) is 0 Å². The fraction of sp³-hybridized carbons (Fsp3) is 0.385. The Morgan fingerprint density at radius 2 is 2.06 bits per heavy atom. The molecule has 0 unspecified atom stereocenters. The monoisotopic (exact) mass is 252 g/mol. The first-order chi connectivity index (χ1) is 8.58. The van der Waals surface area contributed by atoms with Crippen molar-refractivity contribution in [3.05, 3.63) is 29.3 Å². The Labute approximate surface area is 105 Å². The van der Waals surface area contributed by atoms with Crippen molar-refractivity contribution in [1.82, 2.24) is 0 Å². The Hall–Kier alpha value is -2.04. The number of carbonyl (C=O) groups is 2. The van der Waals surface area contributed by atoms with E-state index in [1.54, 1.807) is 6.92 Å². The summed E-state index contributed by atoms with van der Waals surface area (Å²) in [6, 6.07) is 4.42. The van der Waals surface area contributed by atoms with E-state index in [0.717, 1.165) is 0 Å². The van der Waals surface area contributed by atoms with Crippen molar-refractivity contribution in [1.29, 1.82) is 0 Å². The molecule has 18 heavy (non-hydrogen) atoms. The molecule has 98 valence electrons. The number of phenols is 1. The van der Waals surface area contributed by atoms with Crippen LogP contribution in [0.3, 0.4) is 0 Å². The van der Waals surface area contributed by atoms with Gasteiger partial charge < -0.3 is 14.6 Å². The van der Waals surface area contributed by atoms with Gasteiger partial charge in [0.2, 0.25) is 0 Å². The lowest BCUT2D eigenvalue weighted by Gasteiger charge is -2.07. The minimum absolute atomic E-state index is 0.0481. The summed E-state index contributed by atoms with van der Waals surface area (Å²) in [6.07, 6.45) is 0.460. The third-order valence-corrected chi connectivity index (χ3v) is 2.42. The van der Waals surface area contributed by atoms with Crippen molar-refractivity contribution in [3.63, 3.8) is 0 Å². The zero-order valence-electron chi connectivity index (χ0n) is 10.4. The topological polar surface area (TPSA) is 72.8 Å². The van der Waals surface area contributed by atoms with E-state index in [1.165, 1.54) is 25.3 Å². The van der Waals surface area contributed by atoms with E-state index in [4.69, 9.17) is 4.74 Å². The molecule has 0 saturated carbocycles. The van der Waals surface area contributed by atoms with Gasteiger partial charge in [0.15, 0.2) is 0 Å². The summed E-state index contributed by atoms with van der Waals surface area (Å²) in [5, 5.41) is 9.63. The molecule has 0 radical (unpaired) electrons. The molecule has 5 heteroatoms. The maximum Gasteiger partial charge on any atom is 0.338 e. The lowest BCUT2D eigenvalue weighted by Crippen LogP contribution is -2.06. The number of carbonyl (C=O) groups excluding carboxylic acids is 2. The van der Waals surface area contributed by atoms with E-state index in [2.05, 4.69) is 4.74 Å². The predicted molar refractivity (Wildman–Crippen MR) is 64.4 cm³/mol. The normalized spacial score (nSPS) is 9.89. The minimum Gasteiger partial charge on any atom is -0.508 e. The summed E-state index contributed by atoms with van der Waals surface area (Å²) >= 11 is 0. The van der Waals surface area contributed by atoms with Crippen molar-refractivity contribution in [2.24, 2.45) is 0 Å². The quantitative estimate of drug-likeness (QED) is 0.807. The van der Waals surface area contributed by atoms with Gasteiger partial charge in [-0.3, -0.25) is 4.79 Å². The first-order valence-corrected chi connectivity index (χ1v) is 5.64. The third-order valence-electron chi connectivity index (χ3n) is 2.42. The number of hydrogen-bond acceptors (Lipinski definition) is 5. The second kappa shape index (κ2) is 6.64. The number of esters is 2. The molecule has 0 aromatic heterocycles. The molecular weight excluding hydrogens is 236 g/mol. The van der Waals surface area contributed by atoms with Crippen LogP contribution in [0.5, 0.6) is 5.75 Å². The minimum atomic E-state index is -0.447.